The number of aromatic nitrogens is 2. The third-order valence-electron chi connectivity index (χ3n) is 2.38. The fraction of sp³-hybridized carbons (Fsp3) is 0.200. The molecule has 21 heavy (non-hydrogen) atoms. The molecule has 0 amide bonds. The van der Waals surface area contributed by atoms with Crippen molar-refractivity contribution in [3.8, 4) is 0 Å². The van der Waals surface area contributed by atoms with Crippen LogP contribution in [0.2, 0.25) is 0 Å². The minimum absolute atomic E-state index is 0.0403. The average Bonchev–Trinajstić information content (AvgIpc) is 2.35. The summed E-state index contributed by atoms with van der Waals surface area (Å²) in [5.41, 5.74) is -1.63. The van der Waals surface area contributed by atoms with Crippen LogP contribution in [0.4, 0.5) is 13.2 Å². The molecule has 11 heteroatoms. The Labute approximate surface area is 114 Å². The van der Waals surface area contributed by atoms with Gasteiger partial charge in [0.2, 0.25) is 0 Å². The van der Waals surface area contributed by atoms with E-state index >= 15 is 0 Å². The fourth-order valence-electron chi connectivity index (χ4n) is 1.51. The first-order chi connectivity index (χ1) is 9.58. The Morgan fingerprint density at radius 3 is 2.43 bits per heavy atom. The second-order valence-corrected chi connectivity index (χ2v) is 5.56. The van der Waals surface area contributed by atoms with Gasteiger partial charge in [-0.05, 0) is 18.2 Å². The summed E-state index contributed by atoms with van der Waals surface area (Å²) < 4.78 is 63.0. The molecule has 0 saturated carbocycles. The summed E-state index contributed by atoms with van der Waals surface area (Å²) >= 11 is 0. The van der Waals surface area contributed by atoms with Crippen LogP contribution in [0.3, 0.4) is 0 Å². The molecular formula is C10H7F3N2O5S. The van der Waals surface area contributed by atoms with Crippen LogP contribution in [0, 0.1) is 0 Å². The van der Waals surface area contributed by atoms with Crippen molar-refractivity contribution in [1.29, 1.82) is 0 Å². The lowest BCUT2D eigenvalue weighted by Crippen LogP contribution is -2.23. The SMILES string of the molecule is O=c1[nH]c(=O)c2cc(S(=O)(=O)OCC(F)(F)F)ccc2[nH]1. The molecular weight excluding hydrogens is 317 g/mol. The number of benzene rings is 1. The predicted molar refractivity (Wildman–Crippen MR) is 64.4 cm³/mol. The molecule has 0 aliphatic heterocycles. The van der Waals surface area contributed by atoms with Crippen molar-refractivity contribution in [2.45, 2.75) is 11.1 Å². The predicted octanol–water partition coefficient (Wildman–Crippen LogP) is 0.484. The average molecular weight is 324 g/mol. The van der Waals surface area contributed by atoms with Gasteiger partial charge < -0.3 is 4.98 Å². The Kier molecular flexibility index (Phi) is 3.63. The van der Waals surface area contributed by atoms with Gasteiger partial charge in [-0.1, -0.05) is 0 Å². The molecule has 0 spiro atoms. The number of halogens is 3. The van der Waals surface area contributed by atoms with Gasteiger partial charge in [-0.15, -0.1) is 0 Å². The van der Waals surface area contributed by atoms with E-state index in [-0.39, 0.29) is 10.9 Å². The zero-order chi connectivity index (χ0) is 15.8. The third-order valence-corrected chi connectivity index (χ3v) is 3.64. The van der Waals surface area contributed by atoms with Crippen molar-refractivity contribution in [3.05, 3.63) is 39.0 Å². The van der Waals surface area contributed by atoms with Gasteiger partial charge in [0, 0.05) is 0 Å². The number of rotatable bonds is 3. The summed E-state index contributed by atoms with van der Waals surface area (Å²) in [6.45, 7) is -1.98. The van der Waals surface area contributed by atoms with Gasteiger partial charge in [-0.2, -0.15) is 21.6 Å². The summed E-state index contributed by atoms with van der Waals surface area (Å²) in [5.74, 6) is 0. The molecule has 0 fully saturated rings. The van der Waals surface area contributed by atoms with E-state index in [0.29, 0.717) is 0 Å². The standard InChI is InChI=1S/C10H7F3N2O5S/c11-10(12,13)4-20-21(18,19)5-1-2-7-6(3-5)8(16)15-9(17)14-7/h1-3H,4H2,(H2,14,15,16,17). The lowest BCUT2D eigenvalue weighted by atomic mass is 10.2. The fourth-order valence-corrected chi connectivity index (χ4v) is 2.43. The lowest BCUT2D eigenvalue weighted by molar-refractivity contribution is -0.152. The summed E-state index contributed by atoms with van der Waals surface area (Å²) in [7, 11) is -4.68. The van der Waals surface area contributed by atoms with E-state index in [4.69, 9.17) is 0 Å². The van der Waals surface area contributed by atoms with Crippen LogP contribution in [0.15, 0.2) is 32.7 Å². The molecule has 7 nitrogen and oxygen atoms in total. The molecule has 0 saturated heterocycles. The lowest BCUT2D eigenvalue weighted by Gasteiger charge is -2.08. The van der Waals surface area contributed by atoms with E-state index in [2.05, 4.69) is 9.17 Å². The van der Waals surface area contributed by atoms with E-state index in [9.17, 15) is 31.2 Å². The number of hydrogen-bond donors (Lipinski definition) is 2. The number of nitrogens with one attached hydrogen (secondary N) is 2. The van der Waals surface area contributed by atoms with Crippen LogP contribution in [0.1, 0.15) is 0 Å². The first-order valence-electron chi connectivity index (χ1n) is 5.31. The Hall–Kier alpha value is -2.14. The Morgan fingerprint density at radius 2 is 1.81 bits per heavy atom. The normalized spacial score (nSPS) is 12.7. The summed E-state index contributed by atoms with van der Waals surface area (Å²) in [6, 6.07) is 2.81. The maximum atomic E-state index is 12.0. The first kappa shape index (κ1) is 15.3. The molecule has 0 radical (unpaired) electrons. The maximum absolute atomic E-state index is 12.0. The molecule has 2 N–H and O–H groups in total. The van der Waals surface area contributed by atoms with Gasteiger partial charge in [0.25, 0.3) is 15.7 Å². The van der Waals surface area contributed by atoms with Gasteiger partial charge in [-0.3, -0.25) is 14.0 Å². The van der Waals surface area contributed by atoms with Crippen molar-refractivity contribution < 1.29 is 25.8 Å². The van der Waals surface area contributed by atoms with Crippen molar-refractivity contribution in [2.75, 3.05) is 6.61 Å². The quantitative estimate of drug-likeness (QED) is 0.798. The Morgan fingerprint density at radius 1 is 1.14 bits per heavy atom. The number of aromatic amines is 2. The number of H-pyrrole nitrogens is 2. The van der Waals surface area contributed by atoms with Crippen LogP contribution in [-0.2, 0) is 14.3 Å². The zero-order valence-corrected chi connectivity index (χ0v) is 10.8. The topological polar surface area (TPSA) is 109 Å². The van der Waals surface area contributed by atoms with Crippen molar-refractivity contribution >= 4 is 21.0 Å². The molecule has 2 aromatic rings. The summed E-state index contributed by atoms with van der Waals surface area (Å²) in [5, 5.41) is -0.203. The maximum Gasteiger partial charge on any atom is 0.413 e. The second-order valence-electron chi connectivity index (χ2n) is 3.95. The van der Waals surface area contributed by atoms with Crippen LogP contribution in [-0.4, -0.2) is 31.2 Å². The monoisotopic (exact) mass is 324 g/mol. The molecule has 0 aliphatic carbocycles. The molecule has 0 atom stereocenters. The minimum atomic E-state index is -4.81. The highest BCUT2D eigenvalue weighted by Gasteiger charge is 2.31. The van der Waals surface area contributed by atoms with Gasteiger partial charge in [-0.25, -0.2) is 4.79 Å². The highest BCUT2D eigenvalue weighted by atomic mass is 32.2. The Bertz CT molecular complexity index is 897. The molecule has 0 bridgehead atoms. The Balaban J connectivity index is 2.48. The molecule has 2 rings (SSSR count). The molecule has 114 valence electrons. The molecule has 0 aliphatic rings. The van der Waals surface area contributed by atoms with Crippen molar-refractivity contribution in [1.82, 2.24) is 9.97 Å². The van der Waals surface area contributed by atoms with E-state index in [1.807, 2.05) is 4.98 Å². The molecule has 1 aromatic carbocycles. The number of alkyl halides is 3. The van der Waals surface area contributed by atoms with Gasteiger partial charge in [0.05, 0.1) is 15.8 Å². The van der Waals surface area contributed by atoms with E-state index in [1.165, 1.54) is 0 Å². The van der Waals surface area contributed by atoms with E-state index in [0.717, 1.165) is 18.2 Å². The van der Waals surface area contributed by atoms with Gasteiger partial charge in [0.15, 0.2) is 6.61 Å². The number of fused-ring (bicyclic) bond motifs is 1. The van der Waals surface area contributed by atoms with Crippen molar-refractivity contribution in [2.24, 2.45) is 0 Å². The molecule has 0 unspecified atom stereocenters. The largest absolute Gasteiger partial charge is 0.413 e. The summed E-state index contributed by atoms with van der Waals surface area (Å²) in [6.07, 6.45) is -4.81. The second kappa shape index (κ2) is 5.00. The van der Waals surface area contributed by atoms with Gasteiger partial charge in [0.1, 0.15) is 0 Å². The van der Waals surface area contributed by atoms with Crippen LogP contribution < -0.4 is 11.2 Å². The third kappa shape index (κ3) is 3.49. The van der Waals surface area contributed by atoms with E-state index in [1.54, 1.807) is 0 Å². The number of hydrogen-bond acceptors (Lipinski definition) is 5. The molecule has 1 heterocycles. The first-order valence-corrected chi connectivity index (χ1v) is 6.72. The summed E-state index contributed by atoms with van der Waals surface area (Å²) in [4.78, 5) is 26.0. The smallest absolute Gasteiger partial charge is 0.307 e. The van der Waals surface area contributed by atoms with Crippen molar-refractivity contribution in [3.63, 3.8) is 0 Å². The van der Waals surface area contributed by atoms with Gasteiger partial charge >= 0.3 is 11.9 Å². The zero-order valence-electron chi connectivity index (χ0n) is 10.0. The van der Waals surface area contributed by atoms with Crippen LogP contribution in [0.5, 0.6) is 0 Å². The van der Waals surface area contributed by atoms with Crippen LogP contribution >= 0.6 is 0 Å². The highest BCUT2D eigenvalue weighted by molar-refractivity contribution is 7.86. The van der Waals surface area contributed by atoms with Crippen LogP contribution in [0.25, 0.3) is 10.9 Å². The van der Waals surface area contributed by atoms with E-state index < -0.39 is 39.0 Å². The molecule has 1 aromatic heterocycles. The highest BCUT2D eigenvalue weighted by Crippen LogP contribution is 2.20. The minimum Gasteiger partial charge on any atom is -0.307 e.